The minimum Gasteiger partial charge on any atom is -0.298 e. The van der Waals surface area contributed by atoms with E-state index in [-0.39, 0.29) is 5.82 Å². The molecule has 0 N–H and O–H groups in total. The van der Waals surface area contributed by atoms with Crippen molar-refractivity contribution in [3.63, 3.8) is 0 Å². The Hall–Kier alpha value is -1.44. The number of halogens is 1. The lowest BCUT2D eigenvalue weighted by Gasteiger charge is -2.04. The predicted molar refractivity (Wildman–Crippen MR) is 53.6 cm³/mol. The van der Waals surface area contributed by atoms with Crippen molar-refractivity contribution in [2.75, 3.05) is 0 Å². The quantitative estimate of drug-likeness (QED) is 0.654. The fourth-order valence-electron chi connectivity index (χ4n) is 1.78. The molecule has 0 aliphatic heterocycles. The SMILES string of the molecule is O=Cc1ccc(C2=CCCC2)c(F)c1. The van der Waals surface area contributed by atoms with Crippen LogP contribution in [-0.4, -0.2) is 6.29 Å². The second-order valence-electron chi connectivity index (χ2n) is 3.48. The second-order valence-corrected chi connectivity index (χ2v) is 3.48. The largest absolute Gasteiger partial charge is 0.298 e. The molecule has 0 radical (unpaired) electrons. The van der Waals surface area contributed by atoms with Gasteiger partial charge in [0.15, 0.2) is 0 Å². The number of hydrogen-bond donors (Lipinski definition) is 0. The molecule has 1 aliphatic rings. The van der Waals surface area contributed by atoms with Crippen LogP contribution in [0.4, 0.5) is 4.39 Å². The van der Waals surface area contributed by atoms with E-state index in [4.69, 9.17) is 0 Å². The zero-order valence-corrected chi connectivity index (χ0v) is 7.79. The molecule has 1 aromatic rings. The summed E-state index contributed by atoms with van der Waals surface area (Å²) in [6.07, 6.45) is 5.81. The number of aldehydes is 1. The van der Waals surface area contributed by atoms with Gasteiger partial charge in [-0.1, -0.05) is 18.2 Å². The van der Waals surface area contributed by atoms with E-state index in [2.05, 4.69) is 6.08 Å². The third-order valence-corrected chi connectivity index (χ3v) is 2.52. The lowest BCUT2D eigenvalue weighted by atomic mass is 10.0. The Labute approximate surface area is 82.3 Å². The average Bonchev–Trinajstić information content (AvgIpc) is 2.70. The summed E-state index contributed by atoms with van der Waals surface area (Å²) in [5.74, 6) is -0.289. The summed E-state index contributed by atoms with van der Waals surface area (Å²) >= 11 is 0. The Morgan fingerprint density at radius 1 is 1.36 bits per heavy atom. The molecule has 0 bridgehead atoms. The highest BCUT2D eigenvalue weighted by Crippen LogP contribution is 2.29. The van der Waals surface area contributed by atoms with Crippen LogP contribution in [0.3, 0.4) is 0 Å². The molecule has 1 aromatic carbocycles. The molecule has 0 fully saturated rings. The minimum atomic E-state index is -0.289. The van der Waals surface area contributed by atoms with Crippen LogP contribution in [0.2, 0.25) is 0 Å². The van der Waals surface area contributed by atoms with E-state index in [1.807, 2.05) is 0 Å². The van der Waals surface area contributed by atoms with Gasteiger partial charge in [0.2, 0.25) is 0 Å². The number of hydrogen-bond acceptors (Lipinski definition) is 1. The van der Waals surface area contributed by atoms with Gasteiger partial charge in [0.05, 0.1) is 0 Å². The average molecular weight is 190 g/mol. The van der Waals surface area contributed by atoms with E-state index >= 15 is 0 Å². The van der Waals surface area contributed by atoms with Crippen molar-refractivity contribution in [1.29, 1.82) is 0 Å². The van der Waals surface area contributed by atoms with Crippen molar-refractivity contribution in [1.82, 2.24) is 0 Å². The van der Waals surface area contributed by atoms with Gasteiger partial charge in [-0.15, -0.1) is 0 Å². The highest BCUT2D eigenvalue weighted by Gasteiger charge is 2.11. The van der Waals surface area contributed by atoms with E-state index < -0.39 is 0 Å². The standard InChI is InChI=1S/C12H11FO/c13-12-7-9(8-14)5-6-11(12)10-3-1-2-4-10/h3,5-8H,1-2,4H2. The molecular weight excluding hydrogens is 179 g/mol. The van der Waals surface area contributed by atoms with Gasteiger partial charge in [-0.3, -0.25) is 4.79 Å². The van der Waals surface area contributed by atoms with Gasteiger partial charge in [0.25, 0.3) is 0 Å². The third kappa shape index (κ3) is 1.60. The Morgan fingerprint density at radius 2 is 2.21 bits per heavy atom. The van der Waals surface area contributed by atoms with Crippen LogP contribution in [0.25, 0.3) is 5.57 Å². The van der Waals surface area contributed by atoms with Gasteiger partial charge in [0, 0.05) is 11.1 Å². The lowest BCUT2D eigenvalue weighted by molar-refractivity contribution is 0.112. The molecule has 0 saturated heterocycles. The first-order valence-electron chi connectivity index (χ1n) is 4.75. The Morgan fingerprint density at radius 3 is 2.79 bits per heavy atom. The Kier molecular flexibility index (Phi) is 2.44. The van der Waals surface area contributed by atoms with Gasteiger partial charge < -0.3 is 0 Å². The molecular formula is C12H11FO. The van der Waals surface area contributed by atoms with E-state index in [0.717, 1.165) is 24.8 Å². The van der Waals surface area contributed by atoms with Gasteiger partial charge in [-0.05, 0) is 30.9 Å². The molecule has 0 heterocycles. The summed E-state index contributed by atoms with van der Waals surface area (Å²) < 4.78 is 13.5. The fourth-order valence-corrected chi connectivity index (χ4v) is 1.78. The van der Waals surface area contributed by atoms with Gasteiger partial charge in [-0.2, -0.15) is 0 Å². The summed E-state index contributed by atoms with van der Waals surface area (Å²) in [4.78, 5) is 10.4. The molecule has 0 aromatic heterocycles. The second kappa shape index (κ2) is 3.74. The minimum absolute atomic E-state index is 0.289. The first-order chi connectivity index (χ1) is 6.81. The summed E-state index contributed by atoms with van der Waals surface area (Å²) in [6.45, 7) is 0. The van der Waals surface area contributed by atoms with Crippen molar-refractivity contribution in [2.24, 2.45) is 0 Å². The number of allylic oxidation sites excluding steroid dienone is 2. The maximum absolute atomic E-state index is 13.5. The van der Waals surface area contributed by atoms with Crippen molar-refractivity contribution in [3.8, 4) is 0 Å². The Bertz CT molecular complexity index is 393. The summed E-state index contributed by atoms with van der Waals surface area (Å²) in [5.41, 5.74) is 2.11. The smallest absolute Gasteiger partial charge is 0.150 e. The Balaban J connectivity index is 2.39. The fraction of sp³-hybridized carbons (Fsp3) is 0.250. The lowest BCUT2D eigenvalue weighted by Crippen LogP contribution is -1.90. The van der Waals surface area contributed by atoms with Crippen LogP contribution in [-0.2, 0) is 0 Å². The molecule has 2 heteroatoms. The van der Waals surface area contributed by atoms with Crippen molar-refractivity contribution in [2.45, 2.75) is 19.3 Å². The molecule has 72 valence electrons. The predicted octanol–water partition coefficient (Wildman–Crippen LogP) is 3.21. The first-order valence-corrected chi connectivity index (χ1v) is 4.75. The highest BCUT2D eigenvalue weighted by atomic mass is 19.1. The van der Waals surface area contributed by atoms with E-state index in [0.29, 0.717) is 17.4 Å². The maximum Gasteiger partial charge on any atom is 0.150 e. The van der Waals surface area contributed by atoms with Gasteiger partial charge in [-0.25, -0.2) is 4.39 Å². The van der Waals surface area contributed by atoms with E-state index in [1.54, 1.807) is 12.1 Å². The molecule has 2 rings (SSSR count). The van der Waals surface area contributed by atoms with Crippen LogP contribution in [0.1, 0.15) is 35.2 Å². The topological polar surface area (TPSA) is 17.1 Å². The molecule has 1 nitrogen and oxygen atoms in total. The van der Waals surface area contributed by atoms with Crippen LogP contribution in [0, 0.1) is 5.82 Å². The molecule has 0 saturated carbocycles. The third-order valence-electron chi connectivity index (χ3n) is 2.52. The molecule has 0 atom stereocenters. The number of carbonyl (C=O) groups is 1. The zero-order valence-electron chi connectivity index (χ0n) is 7.79. The normalized spacial score (nSPS) is 15.4. The number of rotatable bonds is 2. The molecule has 0 unspecified atom stereocenters. The molecule has 0 amide bonds. The van der Waals surface area contributed by atoms with Crippen LogP contribution >= 0.6 is 0 Å². The first kappa shape index (κ1) is 9.13. The maximum atomic E-state index is 13.5. The van der Waals surface area contributed by atoms with Crippen LogP contribution < -0.4 is 0 Å². The number of carbonyl (C=O) groups excluding carboxylic acids is 1. The van der Waals surface area contributed by atoms with E-state index in [1.165, 1.54) is 6.07 Å². The van der Waals surface area contributed by atoms with Gasteiger partial charge in [0.1, 0.15) is 12.1 Å². The zero-order chi connectivity index (χ0) is 9.97. The molecule has 14 heavy (non-hydrogen) atoms. The summed E-state index contributed by atoms with van der Waals surface area (Å²) in [7, 11) is 0. The van der Waals surface area contributed by atoms with Crippen molar-refractivity contribution < 1.29 is 9.18 Å². The van der Waals surface area contributed by atoms with Crippen molar-refractivity contribution >= 4 is 11.9 Å². The molecule has 0 spiro atoms. The monoisotopic (exact) mass is 190 g/mol. The van der Waals surface area contributed by atoms with E-state index in [9.17, 15) is 9.18 Å². The number of benzene rings is 1. The van der Waals surface area contributed by atoms with Crippen LogP contribution in [0.15, 0.2) is 24.3 Å². The van der Waals surface area contributed by atoms with Crippen molar-refractivity contribution in [3.05, 3.63) is 41.2 Å². The molecule has 1 aliphatic carbocycles. The van der Waals surface area contributed by atoms with Gasteiger partial charge >= 0.3 is 0 Å². The summed E-state index contributed by atoms with van der Waals surface area (Å²) in [5, 5.41) is 0. The van der Waals surface area contributed by atoms with Crippen LogP contribution in [0.5, 0.6) is 0 Å². The highest BCUT2D eigenvalue weighted by molar-refractivity contribution is 5.77. The summed E-state index contributed by atoms with van der Waals surface area (Å²) in [6, 6.07) is 4.64.